The average molecular weight is 113 g/mol. The van der Waals surface area contributed by atoms with Gasteiger partial charge in [-0.1, -0.05) is 6.08 Å². The molecule has 8 heavy (non-hydrogen) atoms. The third-order valence-corrected chi connectivity index (χ3v) is 1.31. The van der Waals surface area contributed by atoms with Gasteiger partial charge in [0.2, 0.25) is 0 Å². The van der Waals surface area contributed by atoms with Gasteiger partial charge in [0.05, 0.1) is 6.10 Å². The third kappa shape index (κ3) is 1.23. The van der Waals surface area contributed by atoms with Crippen LogP contribution in [0.2, 0.25) is 0 Å². The molecule has 1 rings (SSSR count). The molecule has 0 aliphatic carbocycles. The van der Waals surface area contributed by atoms with Crippen LogP contribution in [0.1, 0.15) is 6.42 Å². The maximum atomic E-state index is 5.08. The van der Waals surface area contributed by atoms with Crippen LogP contribution in [0.3, 0.4) is 0 Å². The fraction of sp³-hybridized carbons (Fsp3) is 0.667. The highest BCUT2D eigenvalue weighted by atomic mass is 16.5. The molecule has 1 aliphatic heterocycles. The first-order chi connectivity index (χ1) is 3.93. The molecule has 1 heterocycles. The topological polar surface area (TPSA) is 21.3 Å². The molecule has 0 amide bonds. The van der Waals surface area contributed by atoms with Gasteiger partial charge in [-0.2, -0.15) is 0 Å². The number of ether oxygens (including phenoxy) is 1. The van der Waals surface area contributed by atoms with Gasteiger partial charge in [-0.05, 0) is 12.6 Å². The van der Waals surface area contributed by atoms with Gasteiger partial charge >= 0.3 is 0 Å². The molecule has 46 valence electrons. The van der Waals surface area contributed by atoms with Crippen LogP contribution < -0.4 is 5.32 Å². The Labute approximate surface area is 49.5 Å². The van der Waals surface area contributed by atoms with Crippen LogP contribution in [-0.2, 0) is 4.74 Å². The van der Waals surface area contributed by atoms with Gasteiger partial charge in [-0.15, -0.1) is 0 Å². The second-order valence-corrected chi connectivity index (χ2v) is 1.90. The number of rotatable bonds is 1. The lowest BCUT2D eigenvalue weighted by atomic mass is 10.2. The van der Waals surface area contributed by atoms with Crippen molar-refractivity contribution in [3.8, 4) is 0 Å². The first-order valence-electron chi connectivity index (χ1n) is 2.84. The van der Waals surface area contributed by atoms with Crippen LogP contribution in [0.25, 0.3) is 0 Å². The second kappa shape index (κ2) is 2.72. The molecule has 0 aromatic carbocycles. The summed E-state index contributed by atoms with van der Waals surface area (Å²) in [4.78, 5) is 0. The molecule has 0 radical (unpaired) electrons. The smallest absolute Gasteiger partial charge is 0.0778 e. The summed E-state index contributed by atoms with van der Waals surface area (Å²) in [6.45, 7) is 0.951. The van der Waals surface area contributed by atoms with Crippen molar-refractivity contribution in [3.63, 3.8) is 0 Å². The van der Waals surface area contributed by atoms with Crippen molar-refractivity contribution < 1.29 is 4.74 Å². The van der Waals surface area contributed by atoms with Crippen molar-refractivity contribution in [1.29, 1.82) is 0 Å². The van der Waals surface area contributed by atoms with Crippen molar-refractivity contribution >= 4 is 0 Å². The molecule has 1 aliphatic rings. The molecule has 2 nitrogen and oxygen atoms in total. The molecule has 1 N–H and O–H groups in total. The van der Waals surface area contributed by atoms with Crippen LogP contribution in [0, 0.1) is 0 Å². The van der Waals surface area contributed by atoms with Gasteiger partial charge in [0.15, 0.2) is 0 Å². The van der Waals surface area contributed by atoms with Crippen LogP contribution >= 0.6 is 0 Å². The van der Waals surface area contributed by atoms with E-state index in [9.17, 15) is 0 Å². The van der Waals surface area contributed by atoms with E-state index in [1.807, 2.05) is 6.20 Å². The van der Waals surface area contributed by atoms with Crippen molar-refractivity contribution in [1.82, 2.24) is 5.32 Å². The lowest BCUT2D eigenvalue weighted by Crippen LogP contribution is -2.27. The Bertz CT molecular complexity index is 90.5. The molecule has 0 fully saturated rings. The fourth-order valence-corrected chi connectivity index (χ4v) is 0.766. The SMILES string of the molecule is COC1CC=CNC1. The minimum absolute atomic E-state index is 0.389. The van der Waals surface area contributed by atoms with Crippen molar-refractivity contribution in [2.45, 2.75) is 12.5 Å². The number of hydrogen-bond donors (Lipinski definition) is 1. The molecule has 1 unspecified atom stereocenters. The zero-order chi connectivity index (χ0) is 5.82. The molecule has 0 spiro atoms. The standard InChI is InChI=1S/C6H11NO/c1-8-6-3-2-4-7-5-6/h2,4,6-7H,3,5H2,1H3. The first kappa shape index (κ1) is 5.63. The Kier molecular flexibility index (Phi) is 1.92. The maximum Gasteiger partial charge on any atom is 0.0778 e. The van der Waals surface area contributed by atoms with Crippen molar-refractivity contribution in [3.05, 3.63) is 12.3 Å². The van der Waals surface area contributed by atoms with E-state index < -0.39 is 0 Å². The lowest BCUT2D eigenvalue weighted by Gasteiger charge is -2.16. The molecule has 0 saturated carbocycles. The van der Waals surface area contributed by atoms with Crippen molar-refractivity contribution in [2.75, 3.05) is 13.7 Å². The van der Waals surface area contributed by atoms with E-state index in [2.05, 4.69) is 11.4 Å². The highest BCUT2D eigenvalue weighted by Gasteiger charge is 2.05. The normalized spacial score (nSPS) is 27.4. The Morgan fingerprint density at radius 3 is 3.00 bits per heavy atom. The monoisotopic (exact) mass is 113 g/mol. The highest BCUT2D eigenvalue weighted by molar-refractivity contribution is 4.89. The van der Waals surface area contributed by atoms with Gasteiger partial charge in [0.25, 0.3) is 0 Å². The van der Waals surface area contributed by atoms with Gasteiger partial charge in [-0.3, -0.25) is 0 Å². The minimum atomic E-state index is 0.389. The van der Waals surface area contributed by atoms with Gasteiger partial charge in [0.1, 0.15) is 0 Å². The summed E-state index contributed by atoms with van der Waals surface area (Å²) in [5.41, 5.74) is 0. The van der Waals surface area contributed by atoms with Gasteiger partial charge in [-0.25, -0.2) is 0 Å². The summed E-state index contributed by atoms with van der Waals surface area (Å²) in [6, 6.07) is 0. The molecule has 0 aromatic heterocycles. The van der Waals surface area contributed by atoms with Crippen LogP contribution in [-0.4, -0.2) is 19.8 Å². The summed E-state index contributed by atoms with van der Waals surface area (Å²) in [5.74, 6) is 0. The van der Waals surface area contributed by atoms with E-state index in [1.54, 1.807) is 7.11 Å². The second-order valence-electron chi connectivity index (χ2n) is 1.90. The molecule has 2 heteroatoms. The average Bonchev–Trinajstić information content (AvgIpc) is 1.90. The van der Waals surface area contributed by atoms with E-state index >= 15 is 0 Å². The predicted octanol–water partition coefficient (Wildman–Crippen LogP) is 0.508. The molecular formula is C6H11NO. The van der Waals surface area contributed by atoms with E-state index in [-0.39, 0.29) is 0 Å². The zero-order valence-electron chi connectivity index (χ0n) is 5.05. The van der Waals surface area contributed by atoms with E-state index in [0.717, 1.165) is 13.0 Å². The summed E-state index contributed by atoms with van der Waals surface area (Å²) >= 11 is 0. The summed E-state index contributed by atoms with van der Waals surface area (Å²) in [6.07, 6.45) is 5.48. The summed E-state index contributed by atoms with van der Waals surface area (Å²) in [5, 5.41) is 3.08. The highest BCUT2D eigenvalue weighted by Crippen LogP contribution is 1.99. The number of hydrogen-bond acceptors (Lipinski definition) is 2. The van der Waals surface area contributed by atoms with Gasteiger partial charge < -0.3 is 10.1 Å². The van der Waals surface area contributed by atoms with Crippen LogP contribution in [0.5, 0.6) is 0 Å². The Hall–Kier alpha value is -0.500. The van der Waals surface area contributed by atoms with Gasteiger partial charge in [0, 0.05) is 13.7 Å². The maximum absolute atomic E-state index is 5.08. The number of nitrogens with one attached hydrogen (secondary N) is 1. The lowest BCUT2D eigenvalue weighted by molar-refractivity contribution is 0.104. The van der Waals surface area contributed by atoms with E-state index in [1.165, 1.54) is 0 Å². The van der Waals surface area contributed by atoms with Crippen molar-refractivity contribution in [2.24, 2.45) is 0 Å². The number of methoxy groups -OCH3 is 1. The Balaban J connectivity index is 2.27. The fourth-order valence-electron chi connectivity index (χ4n) is 0.766. The quantitative estimate of drug-likeness (QED) is 0.535. The molecule has 0 aromatic rings. The molecule has 0 bridgehead atoms. The molecule has 1 atom stereocenters. The van der Waals surface area contributed by atoms with E-state index in [4.69, 9.17) is 4.74 Å². The van der Waals surface area contributed by atoms with Crippen LogP contribution in [0.4, 0.5) is 0 Å². The first-order valence-corrected chi connectivity index (χ1v) is 2.84. The summed E-state index contributed by atoms with van der Waals surface area (Å²) < 4.78 is 5.08. The zero-order valence-corrected chi connectivity index (χ0v) is 5.05. The Morgan fingerprint density at radius 1 is 1.75 bits per heavy atom. The molecule has 0 saturated heterocycles. The molecular weight excluding hydrogens is 102 g/mol. The Morgan fingerprint density at radius 2 is 2.62 bits per heavy atom. The third-order valence-electron chi connectivity index (χ3n) is 1.31. The van der Waals surface area contributed by atoms with Crippen LogP contribution in [0.15, 0.2) is 12.3 Å². The predicted molar refractivity (Wildman–Crippen MR) is 32.6 cm³/mol. The van der Waals surface area contributed by atoms with E-state index in [0.29, 0.717) is 6.10 Å². The summed E-state index contributed by atoms with van der Waals surface area (Å²) in [7, 11) is 1.74. The minimum Gasteiger partial charge on any atom is -0.389 e. The largest absolute Gasteiger partial charge is 0.389 e.